The van der Waals surface area contributed by atoms with Gasteiger partial charge in [0.2, 0.25) is 15.0 Å². The quantitative estimate of drug-likeness (QED) is 0.811. The van der Waals surface area contributed by atoms with E-state index in [1.807, 2.05) is 0 Å². The summed E-state index contributed by atoms with van der Waals surface area (Å²) in [5, 5.41) is 12.4. The second kappa shape index (κ2) is 7.99. The summed E-state index contributed by atoms with van der Waals surface area (Å²) in [6, 6.07) is 6.79. The van der Waals surface area contributed by atoms with E-state index in [1.165, 1.54) is 15.6 Å². The zero-order valence-corrected chi connectivity index (χ0v) is 16.6. The van der Waals surface area contributed by atoms with Crippen molar-refractivity contribution in [1.82, 2.24) is 14.5 Å². The number of carbonyl (C=O) groups excluding carboxylic acids is 1. The minimum Gasteiger partial charge on any atom is -0.320 e. The van der Waals surface area contributed by atoms with Crippen LogP contribution in [-0.4, -0.2) is 47.7 Å². The van der Waals surface area contributed by atoms with Gasteiger partial charge in [0.05, 0.1) is 5.75 Å². The maximum atomic E-state index is 12.3. The Balaban J connectivity index is 1.69. The molecule has 1 N–H and O–H groups in total. The highest BCUT2D eigenvalue weighted by atomic mass is 35.5. The molecule has 1 aromatic carbocycles. The van der Waals surface area contributed by atoms with Crippen LogP contribution in [-0.2, 0) is 10.0 Å². The number of aromatic nitrogens is 2. The number of halogens is 1. The summed E-state index contributed by atoms with van der Waals surface area (Å²) in [6.45, 7) is 2.57. The van der Waals surface area contributed by atoms with Crippen LogP contribution in [0.1, 0.15) is 40.5 Å². The van der Waals surface area contributed by atoms with Crippen LogP contribution < -0.4 is 5.32 Å². The van der Waals surface area contributed by atoms with Crippen LogP contribution in [0.15, 0.2) is 24.3 Å². The first-order chi connectivity index (χ1) is 12.4. The van der Waals surface area contributed by atoms with Crippen molar-refractivity contribution in [2.24, 2.45) is 0 Å². The first-order valence-corrected chi connectivity index (χ1v) is 11.1. The number of benzene rings is 1. The molecule has 1 saturated heterocycles. The van der Waals surface area contributed by atoms with Crippen LogP contribution in [0, 0.1) is 0 Å². The van der Waals surface area contributed by atoms with E-state index in [0.717, 1.165) is 12.8 Å². The van der Waals surface area contributed by atoms with E-state index >= 15 is 0 Å². The smallest absolute Gasteiger partial charge is 0.286 e. The SMILES string of the molecule is CCS(=O)(=O)N1CCC[C@H](c2nnc(C(=O)Nc3ccc(Cl)cc3)s2)C1. The van der Waals surface area contributed by atoms with Crippen LogP contribution in [0.4, 0.5) is 5.69 Å². The molecule has 1 amide bonds. The number of hydrogen-bond donors (Lipinski definition) is 1. The monoisotopic (exact) mass is 414 g/mol. The van der Waals surface area contributed by atoms with Gasteiger partial charge in [-0.3, -0.25) is 4.79 Å². The van der Waals surface area contributed by atoms with Gasteiger partial charge in [0, 0.05) is 29.7 Å². The number of piperidine rings is 1. The fourth-order valence-corrected chi connectivity index (χ4v) is 4.96. The van der Waals surface area contributed by atoms with Crippen molar-refractivity contribution in [3.05, 3.63) is 39.3 Å². The molecule has 2 heterocycles. The van der Waals surface area contributed by atoms with Crippen molar-refractivity contribution in [1.29, 1.82) is 0 Å². The molecule has 140 valence electrons. The van der Waals surface area contributed by atoms with Crippen LogP contribution in [0.5, 0.6) is 0 Å². The topological polar surface area (TPSA) is 92.3 Å². The van der Waals surface area contributed by atoms with E-state index in [1.54, 1.807) is 31.2 Å². The molecule has 1 aromatic heterocycles. The van der Waals surface area contributed by atoms with Crippen LogP contribution in [0.3, 0.4) is 0 Å². The van der Waals surface area contributed by atoms with Crippen molar-refractivity contribution in [2.75, 3.05) is 24.2 Å². The van der Waals surface area contributed by atoms with Crippen LogP contribution in [0.25, 0.3) is 0 Å². The predicted molar refractivity (Wildman–Crippen MR) is 102 cm³/mol. The van der Waals surface area contributed by atoms with Crippen molar-refractivity contribution >= 4 is 44.6 Å². The van der Waals surface area contributed by atoms with Gasteiger partial charge >= 0.3 is 0 Å². The minimum absolute atomic E-state index is 0.0281. The summed E-state index contributed by atoms with van der Waals surface area (Å²) in [7, 11) is -3.22. The standard InChI is InChI=1S/C16H19ClN4O3S2/c1-2-26(23,24)21-9-3-4-11(10-21)15-19-20-16(25-15)14(22)18-13-7-5-12(17)6-8-13/h5-8,11H,2-4,9-10H2,1H3,(H,18,22)/t11-/m0/s1. The molecule has 0 saturated carbocycles. The Morgan fingerprint density at radius 1 is 1.35 bits per heavy atom. The largest absolute Gasteiger partial charge is 0.320 e. The number of anilines is 1. The molecule has 1 atom stereocenters. The lowest BCUT2D eigenvalue weighted by atomic mass is 10.0. The third-order valence-corrected chi connectivity index (χ3v) is 7.41. The fraction of sp³-hybridized carbons (Fsp3) is 0.438. The van der Waals surface area contributed by atoms with Gasteiger partial charge in [-0.1, -0.05) is 22.9 Å². The molecule has 26 heavy (non-hydrogen) atoms. The fourth-order valence-electron chi connectivity index (χ4n) is 2.79. The highest BCUT2D eigenvalue weighted by Gasteiger charge is 2.30. The minimum atomic E-state index is -3.22. The van der Waals surface area contributed by atoms with E-state index in [2.05, 4.69) is 15.5 Å². The second-order valence-corrected chi connectivity index (χ2v) is 9.71. The predicted octanol–water partition coefficient (Wildman–Crippen LogP) is 2.97. The van der Waals surface area contributed by atoms with Gasteiger partial charge in [-0.15, -0.1) is 10.2 Å². The number of amides is 1. The van der Waals surface area contributed by atoms with Gasteiger partial charge < -0.3 is 5.32 Å². The van der Waals surface area contributed by atoms with Crippen molar-refractivity contribution < 1.29 is 13.2 Å². The Bertz CT molecular complexity index is 883. The molecule has 0 aliphatic carbocycles. The first kappa shape index (κ1) is 19.2. The lowest BCUT2D eigenvalue weighted by Crippen LogP contribution is -2.39. The summed E-state index contributed by atoms with van der Waals surface area (Å²) in [5.74, 6) is -0.283. The number of carbonyl (C=O) groups is 1. The molecule has 10 heteroatoms. The molecule has 0 bridgehead atoms. The maximum Gasteiger partial charge on any atom is 0.286 e. The molecule has 7 nitrogen and oxygen atoms in total. The van der Waals surface area contributed by atoms with E-state index in [0.29, 0.717) is 28.8 Å². The third kappa shape index (κ3) is 4.40. The average molecular weight is 415 g/mol. The maximum absolute atomic E-state index is 12.3. The molecule has 1 aliphatic heterocycles. The van der Waals surface area contributed by atoms with Gasteiger partial charge in [-0.05, 0) is 44.0 Å². The molecule has 2 aromatic rings. The Kier molecular flexibility index (Phi) is 5.91. The lowest BCUT2D eigenvalue weighted by molar-refractivity contribution is 0.102. The van der Waals surface area contributed by atoms with Crippen molar-refractivity contribution in [3.63, 3.8) is 0 Å². The summed E-state index contributed by atoms with van der Waals surface area (Å²) in [6.07, 6.45) is 1.61. The molecular weight excluding hydrogens is 396 g/mol. The van der Waals surface area contributed by atoms with E-state index in [-0.39, 0.29) is 22.6 Å². The van der Waals surface area contributed by atoms with Crippen LogP contribution in [0.2, 0.25) is 5.02 Å². The Labute approximate surface area is 161 Å². The Morgan fingerprint density at radius 2 is 2.08 bits per heavy atom. The summed E-state index contributed by atoms with van der Waals surface area (Å²) in [5.41, 5.74) is 0.619. The number of nitrogens with one attached hydrogen (secondary N) is 1. The van der Waals surface area contributed by atoms with E-state index in [9.17, 15) is 13.2 Å². The summed E-state index contributed by atoms with van der Waals surface area (Å²) >= 11 is 7.04. The van der Waals surface area contributed by atoms with Gasteiger partial charge in [0.25, 0.3) is 5.91 Å². The number of nitrogens with zero attached hydrogens (tertiary/aromatic N) is 3. The van der Waals surface area contributed by atoms with E-state index < -0.39 is 10.0 Å². The Hall–Kier alpha value is -1.55. The molecule has 0 radical (unpaired) electrons. The van der Waals surface area contributed by atoms with E-state index in [4.69, 9.17) is 11.6 Å². The van der Waals surface area contributed by atoms with Gasteiger partial charge in [0.1, 0.15) is 5.01 Å². The van der Waals surface area contributed by atoms with Gasteiger partial charge in [-0.25, -0.2) is 12.7 Å². The molecule has 1 fully saturated rings. The zero-order valence-electron chi connectivity index (χ0n) is 14.2. The molecule has 0 spiro atoms. The summed E-state index contributed by atoms with van der Waals surface area (Å²) < 4.78 is 25.7. The molecule has 3 rings (SSSR count). The second-order valence-electron chi connectivity index (χ2n) is 6.00. The van der Waals surface area contributed by atoms with Crippen LogP contribution >= 0.6 is 22.9 Å². The highest BCUT2D eigenvalue weighted by molar-refractivity contribution is 7.89. The Morgan fingerprint density at radius 3 is 2.77 bits per heavy atom. The average Bonchev–Trinajstić information content (AvgIpc) is 3.14. The van der Waals surface area contributed by atoms with Gasteiger partial charge in [0.15, 0.2) is 0 Å². The number of rotatable bonds is 5. The van der Waals surface area contributed by atoms with Gasteiger partial charge in [-0.2, -0.15) is 0 Å². The first-order valence-electron chi connectivity index (χ1n) is 8.27. The highest BCUT2D eigenvalue weighted by Crippen LogP contribution is 2.30. The molecular formula is C16H19ClN4O3S2. The normalized spacial score (nSPS) is 18.6. The molecule has 1 aliphatic rings. The number of hydrogen-bond acceptors (Lipinski definition) is 6. The van der Waals surface area contributed by atoms with Crippen molar-refractivity contribution in [3.8, 4) is 0 Å². The zero-order chi connectivity index (χ0) is 18.7. The molecule has 0 unspecified atom stereocenters. The summed E-state index contributed by atoms with van der Waals surface area (Å²) in [4.78, 5) is 12.3. The van der Waals surface area contributed by atoms with Crippen molar-refractivity contribution in [2.45, 2.75) is 25.7 Å². The lowest BCUT2D eigenvalue weighted by Gasteiger charge is -2.30. The third-order valence-electron chi connectivity index (χ3n) is 4.23. The number of sulfonamides is 1.